The number of ketones is 1. The van der Waals surface area contributed by atoms with Crippen LogP contribution in [0.1, 0.15) is 37.0 Å². The first-order valence-corrected chi connectivity index (χ1v) is 7.29. The van der Waals surface area contributed by atoms with Crippen molar-refractivity contribution in [2.24, 2.45) is 0 Å². The summed E-state index contributed by atoms with van der Waals surface area (Å²) in [7, 11) is 0. The summed E-state index contributed by atoms with van der Waals surface area (Å²) in [5.41, 5.74) is 0.790. The zero-order valence-electron chi connectivity index (χ0n) is 12.2. The number of benzene rings is 1. The highest BCUT2D eigenvalue weighted by atomic mass is 16.1. The molecule has 0 aliphatic heterocycles. The SMILES string of the molecule is CCN(CC)CCCCNCC(=O)c1ccccc1. The summed E-state index contributed by atoms with van der Waals surface area (Å²) in [6.07, 6.45) is 2.31. The van der Waals surface area contributed by atoms with Crippen LogP contribution < -0.4 is 5.32 Å². The number of rotatable bonds is 10. The van der Waals surface area contributed by atoms with Crippen LogP contribution in [-0.4, -0.2) is 43.4 Å². The van der Waals surface area contributed by atoms with Crippen molar-refractivity contribution in [3.63, 3.8) is 0 Å². The van der Waals surface area contributed by atoms with Gasteiger partial charge in [0.05, 0.1) is 6.54 Å². The van der Waals surface area contributed by atoms with Crippen LogP contribution in [0, 0.1) is 0 Å². The van der Waals surface area contributed by atoms with Gasteiger partial charge in [-0.3, -0.25) is 4.79 Å². The lowest BCUT2D eigenvalue weighted by atomic mass is 10.1. The van der Waals surface area contributed by atoms with E-state index in [0.29, 0.717) is 6.54 Å². The molecule has 0 heterocycles. The van der Waals surface area contributed by atoms with Crippen LogP contribution in [0.3, 0.4) is 0 Å². The number of nitrogens with zero attached hydrogens (tertiary/aromatic N) is 1. The summed E-state index contributed by atoms with van der Waals surface area (Å²) in [6, 6.07) is 9.46. The molecule has 0 radical (unpaired) electrons. The molecule has 0 aliphatic carbocycles. The summed E-state index contributed by atoms with van der Waals surface area (Å²) in [5, 5.41) is 3.23. The first-order valence-electron chi connectivity index (χ1n) is 7.29. The Balaban J connectivity index is 2.07. The molecular weight excluding hydrogens is 236 g/mol. The Bertz CT molecular complexity index is 347. The van der Waals surface area contributed by atoms with Gasteiger partial charge in [-0.25, -0.2) is 0 Å². The minimum Gasteiger partial charge on any atom is -0.310 e. The van der Waals surface area contributed by atoms with Crippen LogP contribution in [-0.2, 0) is 0 Å². The fraction of sp³-hybridized carbons (Fsp3) is 0.562. The van der Waals surface area contributed by atoms with Crippen molar-refractivity contribution in [3.8, 4) is 0 Å². The Morgan fingerprint density at radius 2 is 1.79 bits per heavy atom. The van der Waals surface area contributed by atoms with Crippen LogP contribution in [0.4, 0.5) is 0 Å². The van der Waals surface area contributed by atoms with E-state index in [1.54, 1.807) is 0 Å². The third kappa shape index (κ3) is 6.50. The standard InChI is InChI=1S/C16H26N2O/c1-3-18(4-2)13-9-8-12-17-14-16(19)15-10-6-5-7-11-15/h5-7,10-11,17H,3-4,8-9,12-14H2,1-2H3. The van der Waals surface area contributed by atoms with Gasteiger partial charge in [-0.15, -0.1) is 0 Å². The molecule has 0 amide bonds. The molecule has 0 saturated carbocycles. The molecule has 3 heteroatoms. The van der Waals surface area contributed by atoms with Gasteiger partial charge in [0.2, 0.25) is 0 Å². The zero-order chi connectivity index (χ0) is 13.9. The highest BCUT2D eigenvalue weighted by Crippen LogP contribution is 1.99. The lowest BCUT2D eigenvalue weighted by Crippen LogP contribution is -2.26. The van der Waals surface area contributed by atoms with Crippen molar-refractivity contribution < 1.29 is 4.79 Å². The van der Waals surface area contributed by atoms with Crippen molar-refractivity contribution in [3.05, 3.63) is 35.9 Å². The minimum absolute atomic E-state index is 0.171. The molecule has 3 nitrogen and oxygen atoms in total. The maximum absolute atomic E-state index is 11.8. The van der Waals surface area contributed by atoms with Gasteiger partial charge in [0.1, 0.15) is 0 Å². The molecule has 0 aliphatic rings. The second-order valence-corrected chi connectivity index (χ2v) is 4.70. The molecule has 0 spiro atoms. The van der Waals surface area contributed by atoms with E-state index in [1.165, 1.54) is 6.42 Å². The van der Waals surface area contributed by atoms with Gasteiger partial charge in [-0.2, -0.15) is 0 Å². The van der Waals surface area contributed by atoms with Crippen LogP contribution >= 0.6 is 0 Å². The average Bonchev–Trinajstić information content (AvgIpc) is 2.47. The topological polar surface area (TPSA) is 32.3 Å². The van der Waals surface area contributed by atoms with Crippen molar-refractivity contribution in [2.45, 2.75) is 26.7 Å². The van der Waals surface area contributed by atoms with Gasteiger partial charge in [-0.1, -0.05) is 44.2 Å². The molecule has 1 aromatic carbocycles. The Kier molecular flexibility index (Phi) is 8.10. The number of carbonyl (C=O) groups excluding carboxylic acids is 1. The summed E-state index contributed by atoms with van der Waals surface area (Å²) in [5.74, 6) is 0.171. The van der Waals surface area contributed by atoms with Crippen molar-refractivity contribution in [2.75, 3.05) is 32.7 Å². The van der Waals surface area contributed by atoms with Crippen molar-refractivity contribution in [1.82, 2.24) is 10.2 Å². The predicted octanol–water partition coefficient (Wildman–Crippen LogP) is 2.58. The van der Waals surface area contributed by atoms with Crippen LogP contribution in [0.25, 0.3) is 0 Å². The van der Waals surface area contributed by atoms with E-state index >= 15 is 0 Å². The van der Waals surface area contributed by atoms with Crippen molar-refractivity contribution in [1.29, 1.82) is 0 Å². The number of nitrogens with one attached hydrogen (secondary N) is 1. The maximum atomic E-state index is 11.8. The van der Waals surface area contributed by atoms with Crippen molar-refractivity contribution >= 4 is 5.78 Å². The molecular formula is C16H26N2O. The number of Topliss-reactive ketones (excluding diaryl/α,β-unsaturated/α-hetero) is 1. The van der Waals surface area contributed by atoms with E-state index in [0.717, 1.165) is 38.2 Å². The molecule has 1 aromatic rings. The summed E-state index contributed by atoms with van der Waals surface area (Å²) in [4.78, 5) is 14.2. The normalized spacial score (nSPS) is 10.9. The van der Waals surface area contributed by atoms with E-state index in [-0.39, 0.29) is 5.78 Å². The van der Waals surface area contributed by atoms with Crippen LogP contribution in [0.2, 0.25) is 0 Å². The monoisotopic (exact) mass is 262 g/mol. The average molecular weight is 262 g/mol. The maximum Gasteiger partial charge on any atom is 0.176 e. The zero-order valence-corrected chi connectivity index (χ0v) is 12.2. The molecule has 0 saturated heterocycles. The van der Waals surface area contributed by atoms with E-state index in [4.69, 9.17) is 0 Å². The molecule has 106 valence electrons. The van der Waals surface area contributed by atoms with Gasteiger partial charge in [0, 0.05) is 5.56 Å². The molecule has 1 N–H and O–H groups in total. The van der Waals surface area contributed by atoms with E-state index < -0.39 is 0 Å². The van der Waals surface area contributed by atoms with Gasteiger partial charge in [0.25, 0.3) is 0 Å². The van der Waals surface area contributed by atoms with E-state index in [2.05, 4.69) is 24.1 Å². The number of hydrogen-bond acceptors (Lipinski definition) is 3. The van der Waals surface area contributed by atoms with Gasteiger partial charge in [-0.05, 0) is 39.0 Å². The number of hydrogen-bond donors (Lipinski definition) is 1. The molecule has 1 rings (SSSR count). The van der Waals surface area contributed by atoms with E-state index in [9.17, 15) is 4.79 Å². The lowest BCUT2D eigenvalue weighted by molar-refractivity contribution is 0.0991. The Labute approximate surface area is 117 Å². The minimum atomic E-state index is 0.171. The summed E-state index contributed by atoms with van der Waals surface area (Å²) < 4.78 is 0. The Morgan fingerprint density at radius 3 is 2.42 bits per heavy atom. The largest absolute Gasteiger partial charge is 0.310 e. The second-order valence-electron chi connectivity index (χ2n) is 4.70. The molecule has 0 unspecified atom stereocenters. The smallest absolute Gasteiger partial charge is 0.176 e. The van der Waals surface area contributed by atoms with E-state index in [1.807, 2.05) is 30.3 Å². The second kappa shape index (κ2) is 9.70. The number of carbonyl (C=O) groups is 1. The molecule has 0 bridgehead atoms. The molecule has 0 fully saturated rings. The van der Waals surface area contributed by atoms with Gasteiger partial charge in [0.15, 0.2) is 5.78 Å². The first kappa shape index (κ1) is 15.9. The van der Waals surface area contributed by atoms with Crippen LogP contribution in [0.15, 0.2) is 30.3 Å². The molecule has 0 atom stereocenters. The first-order chi connectivity index (χ1) is 9.27. The van der Waals surface area contributed by atoms with Gasteiger partial charge >= 0.3 is 0 Å². The third-order valence-electron chi connectivity index (χ3n) is 3.35. The summed E-state index contributed by atoms with van der Waals surface area (Å²) in [6.45, 7) is 9.14. The third-order valence-corrected chi connectivity index (χ3v) is 3.35. The summed E-state index contributed by atoms with van der Waals surface area (Å²) >= 11 is 0. The van der Waals surface area contributed by atoms with Gasteiger partial charge < -0.3 is 10.2 Å². The fourth-order valence-electron chi connectivity index (χ4n) is 2.05. The lowest BCUT2D eigenvalue weighted by Gasteiger charge is -2.17. The molecule has 0 aromatic heterocycles. The Hall–Kier alpha value is -1.19. The Morgan fingerprint density at radius 1 is 1.11 bits per heavy atom. The number of unbranched alkanes of at least 4 members (excludes halogenated alkanes) is 1. The van der Waals surface area contributed by atoms with Crippen LogP contribution in [0.5, 0.6) is 0 Å². The fourth-order valence-corrected chi connectivity index (χ4v) is 2.05. The molecule has 19 heavy (non-hydrogen) atoms. The quantitative estimate of drug-likeness (QED) is 0.519. The highest BCUT2D eigenvalue weighted by molar-refractivity contribution is 5.97. The highest BCUT2D eigenvalue weighted by Gasteiger charge is 2.03. The predicted molar refractivity (Wildman–Crippen MR) is 80.7 cm³/mol.